The minimum absolute atomic E-state index is 0. The van der Waals surface area contributed by atoms with E-state index in [9.17, 15) is 14.0 Å². The first-order valence-corrected chi connectivity index (χ1v) is 9.53. The highest BCUT2D eigenvalue weighted by Crippen LogP contribution is 2.20. The summed E-state index contributed by atoms with van der Waals surface area (Å²) in [5.41, 5.74) is 2.78. The van der Waals surface area contributed by atoms with Crippen LogP contribution in [0.3, 0.4) is 0 Å². The number of H-pyrrole nitrogens is 1. The average molecular weight is 416 g/mol. The van der Waals surface area contributed by atoms with Gasteiger partial charge >= 0.3 is 5.69 Å². The van der Waals surface area contributed by atoms with Gasteiger partial charge in [0.15, 0.2) is 5.78 Å². The molecule has 5 nitrogen and oxygen atoms in total. The lowest BCUT2D eigenvalue weighted by Crippen LogP contribution is -2.32. The Labute approximate surface area is 174 Å². The van der Waals surface area contributed by atoms with Crippen LogP contribution >= 0.6 is 12.4 Å². The van der Waals surface area contributed by atoms with Gasteiger partial charge in [-0.05, 0) is 37.2 Å². The lowest BCUT2D eigenvalue weighted by Gasteiger charge is -2.26. The Morgan fingerprint density at radius 1 is 1.10 bits per heavy atom. The molecule has 0 saturated carbocycles. The zero-order chi connectivity index (χ0) is 19.5. The molecule has 29 heavy (non-hydrogen) atoms. The number of hydrogen-bond donors (Lipinski definition) is 1. The molecule has 4 rings (SSSR count). The molecule has 0 amide bonds. The fourth-order valence-electron chi connectivity index (χ4n) is 3.73. The van der Waals surface area contributed by atoms with E-state index in [-0.39, 0.29) is 29.4 Å². The number of ketones is 1. The second-order valence-electron chi connectivity index (χ2n) is 7.04. The summed E-state index contributed by atoms with van der Waals surface area (Å²) in [5, 5.41) is 0. The zero-order valence-corrected chi connectivity index (χ0v) is 16.8. The number of fused-ring (bicyclic) bond motifs is 1. The zero-order valence-electron chi connectivity index (χ0n) is 15.9. The van der Waals surface area contributed by atoms with Crippen molar-refractivity contribution in [3.63, 3.8) is 0 Å². The highest BCUT2D eigenvalue weighted by atomic mass is 35.5. The van der Waals surface area contributed by atoms with Crippen LogP contribution in [-0.4, -0.2) is 39.9 Å². The monoisotopic (exact) mass is 415 g/mol. The molecule has 2 heterocycles. The first-order valence-electron chi connectivity index (χ1n) is 9.53. The van der Waals surface area contributed by atoms with Crippen molar-refractivity contribution in [2.24, 2.45) is 0 Å². The van der Waals surface area contributed by atoms with Crippen LogP contribution in [0.5, 0.6) is 0 Å². The molecule has 3 aromatic rings. The number of hydrogen-bond acceptors (Lipinski definition) is 3. The van der Waals surface area contributed by atoms with Gasteiger partial charge < -0.3 is 4.98 Å². The summed E-state index contributed by atoms with van der Waals surface area (Å²) < 4.78 is 15.4. The predicted molar refractivity (Wildman–Crippen MR) is 115 cm³/mol. The number of nitrogens with one attached hydrogen (secondary N) is 1. The lowest BCUT2D eigenvalue weighted by atomic mass is 10.1. The Bertz CT molecular complexity index is 1100. The quantitative estimate of drug-likeness (QED) is 0.616. The Morgan fingerprint density at radius 3 is 2.62 bits per heavy atom. The van der Waals surface area contributed by atoms with Gasteiger partial charge in [0.1, 0.15) is 5.82 Å². The first-order chi connectivity index (χ1) is 13.6. The molecule has 152 valence electrons. The maximum absolute atomic E-state index is 13.7. The van der Waals surface area contributed by atoms with Gasteiger partial charge in [0.25, 0.3) is 0 Å². The molecule has 0 spiro atoms. The normalized spacial score (nSPS) is 14.4. The van der Waals surface area contributed by atoms with Gasteiger partial charge in [-0.25, -0.2) is 9.18 Å². The van der Waals surface area contributed by atoms with Crippen molar-refractivity contribution in [2.75, 3.05) is 19.6 Å². The fraction of sp³-hybridized carbons (Fsp3) is 0.273. The van der Waals surface area contributed by atoms with E-state index < -0.39 is 5.82 Å². The summed E-state index contributed by atoms with van der Waals surface area (Å²) in [7, 11) is 0. The number of halogens is 2. The SMILES string of the molecule is Cl.O=C(CCCN1CC=C(n2c(=O)[nH]c3ccccc32)CC1)c1ccccc1F. The molecule has 2 aromatic carbocycles. The second-order valence-corrected chi connectivity index (χ2v) is 7.04. The molecule has 0 fully saturated rings. The van der Waals surface area contributed by atoms with Crippen LogP contribution in [0.4, 0.5) is 4.39 Å². The second kappa shape index (κ2) is 9.20. The predicted octanol–water partition coefficient (Wildman–Crippen LogP) is 4.10. The minimum atomic E-state index is -0.456. The Morgan fingerprint density at radius 2 is 1.86 bits per heavy atom. The van der Waals surface area contributed by atoms with Crippen LogP contribution in [0.2, 0.25) is 0 Å². The van der Waals surface area contributed by atoms with Crippen molar-refractivity contribution in [3.8, 4) is 0 Å². The third-order valence-corrected chi connectivity index (χ3v) is 5.20. The van der Waals surface area contributed by atoms with Crippen LogP contribution in [0, 0.1) is 5.82 Å². The van der Waals surface area contributed by atoms with E-state index in [1.165, 1.54) is 12.1 Å². The number of para-hydroxylation sites is 2. The van der Waals surface area contributed by atoms with E-state index in [4.69, 9.17) is 0 Å². The van der Waals surface area contributed by atoms with Gasteiger partial charge in [0, 0.05) is 31.6 Å². The van der Waals surface area contributed by atoms with Gasteiger partial charge in [-0.15, -0.1) is 12.4 Å². The number of Topliss-reactive ketones (excluding diaryl/α,β-unsaturated/α-hetero) is 1. The van der Waals surface area contributed by atoms with Crippen molar-refractivity contribution < 1.29 is 9.18 Å². The van der Waals surface area contributed by atoms with Gasteiger partial charge in [-0.2, -0.15) is 0 Å². The molecule has 1 aromatic heterocycles. The van der Waals surface area contributed by atoms with Crippen molar-refractivity contribution in [1.82, 2.24) is 14.5 Å². The van der Waals surface area contributed by atoms with E-state index in [2.05, 4.69) is 16.0 Å². The molecule has 0 aliphatic carbocycles. The number of carbonyl (C=O) groups is 1. The van der Waals surface area contributed by atoms with Crippen LogP contribution in [0.15, 0.2) is 59.4 Å². The molecule has 0 saturated heterocycles. The van der Waals surface area contributed by atoms with Crippen molar-refractivity contribution >= 4 is 34.9 Å². The van der Waals surface area contributed by atoms with E-state index >= 15 is 0 Å². The summed E-state index contributed by atoms with van der Waals surface area (Å²) in [4.78, 5) is 29.6. The highest BCUT2D eigenvalue weighted by Gasteiger charge is 2.17. The summed E-state index contributed by atoms with van der Waals surface area (Å²) in [6, 6.07) is 13.8. The number of aromatic amines is 1. The van der Waals surface area contributed by atoms with E-state index in [1.807, 2.05) is 24.3 Å². The molecule has 0 bridgehead atoms. The molecular weight excluding hydrogens is 393 g/mol. The van der Waals surface area contributed by atoms with E-state index in [0.717, 1.165) is 42.8 Å². The van der Waals surface area contributed by atoms with Crippen LogP contribution in [0.1, 0.15) is 29.6 Å². The Balaban J connectivity index is 0.00000240. The third-order valence-electron chi connectivity index (χ3n) is 5.20. The first kappa shape index (κ1) is 21.0. The van der Waals surface area contributed by atoms with Crippen molar-refractivity contribution in [1.29, 1.82) is 0 Å². The van der Waals surface area contributed by atoms with Crippen molar-refractivity contribution in [3.05, 3.63) is 76.5 Å². The molecule has 0 unspecified atom stereocenters. The van der Waals surface area contributed by atoms with Crippen LogP contribution in [-0.2, 0) is 0 Å². The fourth-order valence-corrected chi connectivity index (χ4v) is 3.73. The molecule has 1 aliphatic rings. The average Bonchev–Trinajstić information content (AvgIpc) is 3.04. The molecule has 0 radical (unpaired) electrons. The standard InChI is InChI=1S/C22H22FN3O2.ClH/c23-18-7-2-1-6-17(18)21(27)10-5-13-25-14-11-16(12-15-25)26-20-9-4-3-8-19(20)24-22(26)28;/h1-4,6-9,11H,5,10,12-15H2,(H,24,28);1H. The smallest absolute Gasteiger partial charge is 0.305 e. The number of aromatic nitrogens is 2. The minimum Gasteiger partial charge on any atom is -0.305 e. The molecular formula is C22H23ClFN3O2. The number of carbonyl (C=O) groups excluding carboxylic acids is 1. The maximum Gasteiger partial charge on any atom is 0.330 e. The van der Waals surface area contributed by atoms with Gasteiger partial charge in [-0.1, -0.05) is 30.3 Å². The highest BCUT2D eigenvalue weighted by molar-refractivity contribution is 5.96. The lowest BCUT2D eigenvalue weighted by molar-refractivity contribution is 0.0971. The van der Waals surface area contributed by atoms with Crippen molar-refractivity contribution in [2.45, 2.75) is 19.3 Å². The molecule has 1 aliphatic heterocycles. The number of imidazole rings is 1. The Hall–Kier alpha value is -2.70. The Kier molecular flexibility index (Phi) is 6.67. The molecule has 1 N–H and O–H groups in total. The van der Waals surface area contributed by atoms with Gasteiger partial charge in [0.2, 0.25) is 0 Å². The number of benzene rings is 2. The van der Waals surface area contributed by atoms with Gasteiger partial charge in [-0.3, -0.25) is 14.3 Å². The summed E-state index contributed by atoms with van der Waals surface area (Å²) in [5.74, 6) is -0.612. The van der Waals surface area contributed by atoms with E-state index in [0.29, 0.717) is 12.8 Å². The third kappa shape index (κ3) is 4.49. The number of rotatable bonds is 6. The summed E-state index contributed by atoms with van der Waals surface area (Å²) in [6.45, 7) is 2.33. The van der Waals surface area contributed by atoms with E-state index in [1.54, 1.807) is 16.7 Å². The maximum atomic E-state index is 13.7. The topological polar surface area (TPSA) is 58.1 Å². The number of nitrogens with zero attached hydrogens (tertiary/aromatic N) is 2. The largest absolute Gasteiger partial charge is 0.330 e. The summed E-state index contributed by atoms with van der Waals surface area (Å²) in [6.07, 6.45) is 3.85. The van der Waals surface area contributed by atoms with Crippen LogP contribution in [0.25, 0.3) is 16.7 Å². The van der Waals surface area contributed by atoms with Gasteiger partial charge in [0.05, 0.1) is 16.6 Å². The van der Waals surface area contributed by atoms with Crippen LogP contribution < -0.4 is 5.69 Å². The molecule has 0 atom stereocenters. The molecule has 7 heteroatoms. The summed E-state index contributed by atoms with van der Waals surface area (Å²) >= 11 is 0.